The molecule has 20 heavy (non-hydrogen) atoms. The van der Waals surface area contributed by atoms with Crippen molar-refractivity contribution in [3.8, 4) is 0 Å². The summed E-state index contributed by atoms with van der Waals surface area (Å²) in [6, 6.07) is 5.23. The smallest absolute Gasteiger partial charge is 0.253 e. The normalized spacial score (nSPS) is 10.6. The maximum Gasteiger partial charge on any atom is 0.253 e. The minimum absolute atomic E-state index is 0.122. The highest BCUT2D eigenvalue weighted by molar-refractivity contribution is 6.00. The first-order valence-electron chi connectivity index (χ1n) is 6.97. The molecule has 0 radical (unpaired) electrons. The topological polar surface area (TPSA) is 76.4 Å². The van der Waals surface area contributed by atoms with E-state index in [1.807, 2.05) is 0 Å². The molecule has 1 aromatic carbocycles. The molecule has 0 aliphatic rings. The molecule has 1 rings (SSSR count). The van der Waals surface area contributed by atoms with Crippen molar-refractivity contribution < 1.29 is 9.53 Å². The van der Waals surface area contributed by atoms with Crippen molar-refractivity contribution in [2.75, 3.05) is 37.9 Å². The minimum atomic E-state index is -0.122. The molecular weight excluding hydrogens is 254 g/mol. The predicted octanol–water partition coefficient (Wildman–Crippen LogP) is 2.10. The highest BCUT2D eigenvalue weighted by Gasteiger charge is 2.09. The van der Waals surface area contributed by atoms with E-state index in [1.165, 1.54) is 0 Å². The van der Waals surface area contributed by atoms with Crippen LogP contribution in [0.15, 0.2) is 18.2 Å². The lowest BCUT2D eigenvalue weighted by atomic mass is 10.1. The fraction of sp³-hybridized carbons (Fsp3) is 0.533. The summed E-state index contributed by atoms with van der Waals surface area (Å²) in [5.41, 5.74) is 7.75. The Kier molecular flexibility index (Phi) is 6.87. The van der Waals surface area contributed by atoms with E-state index in [4.69, 9.17) is 10.5 Å². The second-order valence-corrected chi connectivity index (χ2v) is 5.13. The van der Waals surface area contributed by atoms with E-state index >= 15 is 0 Å². The first-order chi connectivity index (χ1) is 9.54. The van der Waals surface area contributed by atoms with Gasteiger partial charge in [-0.25, -0.2) is 0 Å². The van der Waals surface area contributed by atoms with Gasteiger partial charge in [-0.15, -0.1) is 0 Å². The largest absolute Gasteiger partial charge is 0.399 e. The Labute approximate surface area is 120 Å². The molecule has 0 spiro atoms. The molecule has 0 aromatic heterocycles. The van der Waals surface area contributed by atoms with Crippen LogP contribution in [-0.2, 0) is 4.74 Å². The van der Waals surface area contributed by atoms with Crippen LogP contribution in [0.1, 0.15) is 30.6 Å². The second kappa shape index (κ2) is 8.43. The van der Waals surface area contributed by atoms with E-state index in [9.17, 15) is 4.79 Å². The van der Waals surface area contributed by atoms with Gasteiger partial charge < -0.3 is 21.1 Å². The number of carbonyl (C=O) groups is 1. The summed E-state index contributed by atoms with van der Waals surface area (Å²) in [5, 5.41) is 5.86. The van der Waals surface area contributed by atoms with Gasteiger partial charge in [0.1, 0.15) is 0 Å². The van der Waals surface area contributed by atoms with E-state index in [0.717, 1.165) is 25.3 Å². The van der Waals surface area contributed by atoms with Crippen molar-refractivity contribution in [3.05, 3.63) is 23.8 Å². The van der Waals surface area contributed by atoms with E-state index < -0.39 is 0 Å². The molecule has 0 aliphatic heterocycles. The molecule has 1 amide bonds. The lowest BCUT2D eigenvalue weighted by molar-refractivity contribution is 0.0964. The molecule has 0 heterocycles. The number of nitrogen functional groups attached to an aromatic ring is 1. The number of nitrogens with two attached hydrogens (primary N) is 1. The molecule has 0 saturated carbocycles. The SMILES string of the molecule is CNC(=O)c1ccc(N)cc1NCCCOCC(C)C. The first kappa shape index (κ1) is 16.3. The van der Waals surface area contributed by atoms with Gasteiger partial charge in [-0.2, -0.15) is 0 Å². The van der Waals surface area contributed by atoms with Crippen molar-refractivity contribution >= 4 is 17.3 Å². The lowest BCUT2D eigenvalue weighted by Crippen LogP contribution is -2.20. The zero-order chi connectivity index (χ0) is 15.0. The minimum Gasteiger partial charge on any atom is -0.399 e. The second-order valence-electron chi connectivity index (χ2n) is 5.13. The number of amides is 1. The number of rotatable bonds is 8. The van der Waals surface area contributed by atoms with Crippen LogP contribution in [0.25, 0.3) is 0 Å². The van der Waals surface area contributed by atoms with Gasteiger partial charge in [0.2, 0.25) is 0 Å². The van der Waals surface area contributed by atoms with Gasteiger partial charge >= 0.3 is 0 Å². The van der Waals surface area contributed by atoms with Crippen LogP contribution >= 0.6 is 0 Å². The van der Waals surface area contributed by atoms with Gasteiger partial charge in [0, 0.05) is 38.2 Å². The van der Waals surface area contributed by atoms with Crippen molar-refractivity contribution in [2.24, 2.45) is 5.92 Å². The molecule has 0 unspecified atom stereocenters. The van der Waals surface area contributed by atoms with Crippen LogP contribution in [0.2, 0.25) is 0 Å². The quantitative estimate of drug-likeness (QED) is 0.503. The van der Waals surface area contributed by atoms with E-state index in [1.54, 1.807) is 25.2 Å². The average molecular weight is 279 g/mol. The van der Waals surface area contributed by atoms with Crippen LogP contribution in [0.3, 0.4) is 0 Å². The number of ether oxygens (including phenoxy) is 1. The third kappa shape index (κ3) is 5.48. The maximum absolute atomic E-state index is 11.7. The predicted molar refractivity (Wildman–Crippen MR) is 83.0 cm³/mol. The molecule has 5 heteroatoms. The summed E-state index contributed by atoms with van der Waals surface area (Å²) in [7, 11) is 1.61. The Morgan fingerprint density at radius 2 is 2.15 bits per heavy atom. The van der Waals surface area contributed by atoms with Crippen LogP contribution in [0.5, 0.6) is 0 Å². The maximum atomic E-state index is 11.7. The Morgan fingerprint density at radius 3 is 2.80 bits per heavy atom. The zero-order valence-corrected chi connectivity index (χ0v) is 12.5. The van der Waals surface area contributed by atoms with Crippen molar-refractivity contribution in [2.45, 2.75) is 20.3 Å². The van der Waals surface area contributed by atoms with Gasteiger partial charge in [-0.05, 0) is 30.5 Å². The Bertz CT molecular complexity index is 433. The Hall–Kier alpha value is -1.75. The van der Waals surface area contributed by atoms with E-state index in [0.29, 0.717) is 23.8 Å². The summed E-state index contributed by atoms with van der Waals surface area (Å²) < 4.78 is 5.51. The summed E-state index contributed by atoms with van der Waals surface area (Å²) in [5.74, 6) is 0.431. The summed E-state index contributed by atoms with van der Waals surface area (Å²) in [6.07, 6.45) is 0.884. The fourth-order valence-electron chi connectivity index (χ4n) is 1.76. The van der Waals surface area contributed by atoms with Crippen LogP contribution < -0.4 is 16.4 Å². The van der Waals surface area contributed by atoms with E-state index in [-0.39, 0.29) is 5.91 Å². The molecule has 5 nitrogen and oxygen atoms in total. The highest BCUT2D eigenvalue weighted by atomic mass is 16.5. The van der Waals surface area contributed by atoms with Crippen LogP contribution in [-0.4, -0.2) is 32.7 Å². The number of carbonyl (C=O) groups excluding carboxylic acids is 1. The Morgan fingerprint density at radius 1 is 1.40 bits per heavy atom. The van der Waals surface area contributed by atoms with Crippen molar-refractivity contribution in [1.29, 1.82) is 0 Å². The van der Waals surface area contributed by atoms with Crippen molar-refractivity contribution in [1.82, 2.24) is 5.32 Å². The number of hydrogen-bond acceptors (Lipinski definition) is 4. The zero-order valence-electron chi connectivity index (χ0n) is 12.5. The first-order valence-corrected chi connectivity index (χ1v) is 6.97. The number of anilines is 2. The molecule has 0 bridgehead atoms. The Balaban J connectivity index is 2.46. The standard InChI is InChI=1S/C15H25N3O2/c1-11(2)10-20-8-4-7-18-14-9-12(16)5-6-13(14)15(19)17-3/h5-6,9,11,18H,4,7-8,10,16H2,1-3H3,(H,17,19). The fourth-order valence-corrected chi connectivity index (χ4v) is 1.76. The molecule has 0 saturated heterocycles. The summed E-state index contributed by atoms with van der Waals surface area (Å²) >= 11 is 0. The van der Waals surface area contributed by atoms with Crippen LogP contribution in [0.4, 0.5) is 11.4 Å². The van der Waals surface area contributed by atoms with Gasteiger partial charge in [0.25, 0.3) is 5.91 Å². The number of nitrogens with one attached hydrogen (secondary N) is 2. The van der Waals surface area contributed by atoms with Gasteiger partial charge in [-0.3, -0.25) is 4.79 Å². The molecule has 0 aliphatic carbocycles. The van der Waals surface area contributed by atoms with Gasteiger partial charge in [-0.1, -0.05) is 13.8 Å². The van der Waals surface area contributed by atoms with Gasteiger partial charge in [0.15, 0.2) is 0 Å². The van der Waals surface area contributed by atoms with Crippen LogP contribution in [0, 0.1) is 5.92 Å². The van der Waals surface area contributed by atoms with Crippen molar-refractivity contribution in [3.63, 3.8) is 0 Å². The molecule has 112 valence electrons. The summed E-state index contributed by atoms with van der Waals surface area (Å²) in [6.45, 7) is 6.48. The molecule has 0 atom stereocenters. The molecular formula is C15H25N3O2. The summed E-state index contributed by atoms with van der Waals surface area (Å²) in [4.78, 5) is 11.7. The highest BCUT2D eigenvalue weighted by Crippen LogP contribution is 2.19. The third-order valence-electron chi connectivity index (χ3n) is 2.75. The molecule has 0 fully saturated rings. The third-order valence-corrected chi connectivity index (χ3v) is 2.75. The molecule has 4 N–H and O–H groups in total. The van der Waals surface area contributed by atoms with E-state index in [2.05, 4.69) is 24.5 Å². The number of hydrogen-bond donors (Lipinski definition) is 3. The monoisotopic (exact) mass is 279 g/mol. The number of benzene rings is 1. The molecule has 1 aromatic rings. The van der Waals surface area contributed by atoms with Gasteiger partial charge in [0.05, 0.1) is 5.56 Å². The lowest BCUT2D eigenvalue weighted by Gasteiger charge is -2.12. The average Bonchev–Trinajstić information content (AvgIpc) is 2.41.